The van der Waals surface area contributed by atoms with Crippen LogP contribution in [0.2, 0.25) is 0 Å². The van der Waals surface area contributed by atoms with Gasteiger partial charge >= 0.3 is 0 Å². The van der Waals surface area contributed by atoms with Crippen LogP contribution in [0, 0.1) is 6.92 Å². The van der Waals surface area contributed by atoms with Gasteiger partial charge in [-0.2, -0.15) is 0 Å². The van der Waals surface area contributed by atoms with Gasteiger partial charge in [0, 0.05) is 30.4 Å². The summed E-state index contributed by atoms with van der Waals surface area (Å²) in [7, 11) is 0. The number of rotatable bonds is 3. The van der Waals surface area contributed by atoms with Gasteiger partial charge in [0.1, 0.15) is 0 Å². The fraction of sp³-hybridized carbons (Fsp3) is 0.400. The largest absolute Gasteiger partial charge is 0.346 e. The second-order valence-electron chi connectivity index (χ2n) is 3.06. The van der Waals surface area contributed by atoms with Gasteiger partial charge in [-0.25, -0.2) is 0 Å². The van der Waals surface area contributed by atoms with E-state index in [1.54, 1.807) is 23.9 Å². The Bertz CT molecular complexity index is 365. The molecule has 0 aliphatic carbocycles. The van der Waals surface area contributed by atoms with Gasteiger partial charge in [0.2, 0.25) is 0 Å². The average Bonchev–Trinajstić information content (AvgIpc) is 2.11. The number of ketones is 1. The van der Waals surface area contributed by atoms with Crippen LogP contribution in [0.25, 0.3) is 0 Å². The summed E-state index contributed by atoms with van der Waals surface area (Å²) in [6.07, 6.45) is 3.88. The highest BCUT2D eigenvalue weighted by Gasteiger charge is 1.99. The molecule has 0 amide bonds. The van der Waals surface area contributed by atoms with Gasteiger partial charge in [0.25, 0.3) is 0 Å². The fourth-order valence-electron chi connectivity index (χ4n) is 1.06. The predicted octanol–water partition coefficient (Wildman–Crippen LogP) is 1.14. The van der Waals surface area contributed by atoms with Crippen molar-refractivity contribution >= 4 is 5.78 Å². The quantitative estimate of drug-likeness (QED) is 0.697. The highest BCUT2D eigenvalue weighted by Crippen LogP contribution is 1.93. The van der Waals surface area contributed by atoms with E-state index in [0.29, 0.717) is 18.5 Å². The third-order valence-corrected chi connectivity index (χ3v) is 1.92. The molecule has 0 saturated carbocycles. The van der Waals surface area contributed by atoms with Crippen molar-refractivity contribution in [3.05, 3.63) is 34.2 Å². The van der Waals surface area contributed by atoms with E-state index in [0.717, 1.165) is 0 Å². The lowest BCUT2D eigenvalue weighted by atomic mass is 10.3. The Morgan fingerprint density at radius 1 is 1.54 bits per heavy atom. The predicted molar refractivity (Wildman–Crippen MR) is 50.7 cm³/mol. The number of pyridine rings is 1. The maximum absolute atomic E-state index is 11.1. The van der Waals surface area contributed by atoms with Gasteiger partial charge in [0.05, 0.1) is 6.54 Å². The third kappa shape index (κ3) is 2.54. The average molecular weight is 179 g/mol. The summed E-state index contributed by atoms with van der Waals surface area (Å²) in [4.78, 5) is 22.1. The minimum absolute atomic E-state index is 0.0141. The molecule has 1 heterocycles. The van der Waals surface area contributed by atoms with Gasteiger partial charge in [-0.05, 0) is 6.92 Å². The Balaban J connectivity index is 2.86. The molecule has 1 aromatic rings. The zero-order valence-corrected chi connectivity index (χ0v) is 7.91. The number of carbonyl (C=O) groups is 1. The molecule has 13 heavy (non-hydrogen) atoms. The Morgan fingerprint density at radius 3 is 2.77 bits per heavy atom. The minimum Gasteiger partial charge on any atom is -0.346 e. The molecular weight excluding hydrogens is 166 g/mol. The van der Waals surface area contributed by atoms with Crippen molar-refractivity contribution in [3.8, 4) is 0 Å². The van der Waals surface area contributed by atoms with Crippen LogP contribution in [-0.4, -0.2) is 10.4 Å². The van der Waals surface area contributed by atoms with Crippen LogP contribution in [0.15, 0.2) is 23.3 Å². The molecule has 0 bridgehead atoms. The van der Waals surface area contributed by atoms with Crippen molar-refractivity contribution in [3.63, 3.8) is 0 Å². The molecule has 0 fully saturated rings. The van der Waals surface area contributed by atoms with Crippen LogP contribution < -0.4 is 5.43 Å². The Hall–Kier alpha value is -1.38. The summed E-state index contributed by atoms with van der Waals surface area (Å²) >= 11 is 0. The van der Waals surface area contributed by atoms with Gasteiger partial charge in [-0.3, -0.25) is 9.59 Å². The number of aryl methyl sites for hydroxylation is 1. The van der Waals surface area contributed by atoms with E-state index >= 15 is 0 Å². The highest BCUT2D eigenvalue weighted by molar-refractivity contribution is 5.77. The zero-order valence-electron chi connectivity index (χ0n) is 7.91. The van der Waals surface area contributed by atoms with E-state index < -0.39 is 0 Å². The standard InChI is InChI=1S/C10H13NO2/c1-3-9(12)7-11-5-4-10(13)8(2)6-11/h4-6H,3,7H2,1-2H3. The zero-order chi connectivity index (χ0) is 9.84. The Kier molecular flexibility index (Phi) is 3.01. The van der Waals surface area contributed by atoms with Crippen molar-refractivity contribution in [2.45, 2.75) is 26.8 Å². The molecule has 3 nitrogen and oxygen atoms in total. The second kappa shape index (κ2) is 4.03. The van der Waals surface area contributed by atoms with Crippen molar-refractivity contribution < 1.29 is 4.79 Å². The lowest BCUT2D eigenvalue weighted by molar-refractivity contribution is -0.119. The molecule has 0 atom stereocenters. The summed E-state index contributed by atoms with van der Waals surface area (Å²) in [6.45, 7) is 3.94. The summed E-state index contributed by atoms with van der Waals surface area (Å²) in [5.74, 6) is 0.169. The maximum Gasteiger partial charge on any atom is 0.184 e. The number of nitrogens with zero attached hydrogens (tertiary/aromatic N) is 1. The number of aromatic nitrogens is 1. The first kappa shape index (κ1) is 9.71. The number of hydrogen-bond donors (Lipinski definition) is 0. The summed E-state index contributed by atoms with van der Waals surface area (Å²) in [6, 6.07) is 1.48. The molecule has 0 spiro atoms. The number of hydrogen-bond acceptors (Lipinski definition) is 2. The molecule has 0 aliphatic rings. The Labute approximate surface area is 77.0 Å². The van der Waals surface area contributed by atoms with E-state index in [9.17, 15) is 9.59 Å². The normalized spacial score (nSPS) is 10.0. The van der Waals surface area contributed by atoms with Crippen LogP contribution >= 0.6 is 0 Å². The highest BCUT2D eigenvalue weighted by atomic mass is 16.1. The van der Waals surface area contributed by atoms with E-state index in [-0.39, 0.29) is 11.2 Å². The molecular formula is C10H13NO2. The van der Waals surface area contributed by atoms with Gasteiger partial charge in [-0.1, -0.05) is 6.92 Å². The summed E-state index contributed by atoms with van der Waals surface area (Å²) in [5, 5.41) is 0. The van der Waals surface area contributed by atoms with E-state index in [4.69, 9.17) is 0 Å². The van der Waals surface area contributed by atoms with Crippen molar-refractivity contribution in [2.24, 2.45) is 0 Å². The topological polar surface area (TPSA) is 39.1 Å². The van der Waals surface area contributed by atoms with Crippen molar-refractivity contribution in [1.82, 2.24) is 4.57 Å². The molecule has 0 N–H and O–H groups in total. The van der Waals surface area contributed by atoms with Crippen LogP contribution in [0.1, 0.15) is 18.9 Å². The monoisotopic (exact) mass is 179 g/mol. The first-order chi connectivity index (χ1) is 6.13. The molecule has 1 aromatic heterocycles. The van der Waals surface area contributed by atoms with Crippen LogP contribution in [0.5, 0.6) is 0 Å². The number of carbonyl (C=O) groups excluding carboxylic acids is 1. The second-order valence-corrected chi connectivity index (χ2v) is 3.06. The van der Waals surface area contributed by atoms with Gasteiger partial charge in [0.15, 0.2) is 11.2 Å². The van der Waals surface area contributed by atoms with Crippen molar-refractivity contribution in [1.29, 1.82) is 0 Å². The third-order valence-electron chi connectivity index (χ3n) is 1.92. The van der Waals surface area contributed by atoms with Crippen LogP contribution in [-0.2, 0) is 11.3 Å². The SMILES string of the molecule is CCC(=O)Cn1ccc(=O)c(C)c1. The lowest BCUT2D eigenvalue weighted by Crippen LogP contribution is -2.13. The first-order valence-electron chi connectivity index (χ1n) is 4.32. The maximum atomic E-state index is 11.1. The molecule has 1 rings (SSSR count). The number of Topliss-reactive ketones (excluding diaryl/α,β-unsaturated/α-hetero) is 1. The Morgan fingerprint density at radius 2 is 2.23 bits per heavy atom. The molecule has 70 valence electrons. The van der Waals surface area contributed by atoms with E-state index in [1.807, 2.05) is 6.92 Å². The molecule has 0 aliphatic heterocycles. The summed E-state index contributed by atoms with van der Waals surface area (Å²) < 4.78 is 1.74. The molecule has 0 saturated heterocycles. The van der Waals surface area contributed by atoms with Crippen molar-refractivity contribution in [2.75, 3.05) is 0 Å². The molecule has 0 unspecified atom stereocenters. The summed E-state index contributed by atoms with van der Waals surface area (Å²) in [5.41, 5.74) is 0.687. The van der Waals surface area contributed by atoms with Gasteiger partial charge < -0.3 is 4.57 Å². The minimum atomic E-state index is 0.0141. The lowest BCUT2D eigenvalue weighted by Gasteiger charge is -2.04. The van der Waals surface area contributed by atoms with Crippen LogP contribution in [0.3, 0.4) is 0 Å². The van der Waals surface area contributed by atoms with E-state index in [2.05, 4.69) is 0 Å². The van der Waals surface area contributed by atoms with Crippen LogP contribution in [0.4, 0.5) is 0 Å². The van der Waals surface area contributed by atoms with E-state index in [1.165, 1.54) is 6.07 Å². The molecule has 3 heteroatoms. The molecule has 0 radical (unpaired) electrons. The first-order valence-corrected chi connectivity index (χ1v) is 4.32. The molecule has 0 aromatic carbocycles. The van der Waals surface area contributed by atoms with Gasteiger partial charge in [-0.15, -0.1) is 0 Å². The smallest absolute Gasteiger partial charge is 0.184 e. The fourth-order valence-corrected chi connectivity index (χ4v) is 1.06.